The van der Waals surface area contributed by atoms with E-state index >= 15 is 0 Å². The number of nitrogens with one attached hydrogen (secondary N) is 1. The van der Waals surface area contributed by atoms with Crippen molar-refractivity contribution >= 4 is 10.0 Å². The molecule has 0 aromatic heterocycles. The van der Waals surface area contributed by atoms with Gasteiger partial charge in [0.2, 0.25) is 10.0 Å². The number of benzene rings is 1. The first-order valence-corrected chi connectivity index (χ1v) is 9.69. The molecule has 0 bridgehead atoms. The molecule has 22 heavy (non-hydrogen) atoms. The van der Waals surface area contributed by atoms with Gasteiger partial charge in [0.05, 0.1) is 4.90 Å². The Balaban J connectivity index is 1.97. The molecule has 5 heteroatoms. The second-order valence-corrected chi connectivity index (χ2v) is 8.27. The predicted molar refractivity (Wildman–Crippen MR) is 90.6 cm³/mol. The average molecular weight is 324 g/mol. The third kappa shape index (κ3) is 4.54. The lowest BCUT2D eigenvalue weighted by atomic mass is 9.99. The van der Waals surface area contributed by atoms with Crippen LogP contribution in [0.4, 0.5) is 0 Å². The fourth-order valence-corrected chi connectivity index (χ4v) is 4.08. The standard InChI is InChI=1S/C17H28N2O2S/c1-4-14(2)16-7-9-17(10-8-16)22(20,21)18-12-15-6-5-11-19(3)13-15/h7-10,14-15,18H,4-6,11-13H2,1-3H3. The molecule has 0 spiro atoms. The molecular weight excluding hydrogens is 296 g/mol. The van der Waals surface area contributed by atoms with E-state index in [4.69, 9.17) is 0 Å². The number of nitrogens with zero attached hydrogens (tertiary/aromatic N) is 1. The van der Waals surface area contributed by atoms with Gasteiger partial charge in [0, 0.05) is 13.1 Å². The third-order valence-corrected chi connectivity index (χ3v) is 6.10. The molecule has 0 amide bonds. The Labute approximate surface area is 135 Å². The quantitative estimate of drug-likeness (QED) is 0.875. The van der Waals surface area contributed by atoms with Crippen molar-refractivity contribution in [3.8, 4) is 0 Å². The topological polar surface area (TPSA) is 49.4 Å². The van der Waals surface area contributed by atoms with Gasteiger partial charge in [-0.2, -0.15) is 0 Å². The van der Waals surface area contributed by atoms with Crippen LogP contribution in [-0.2, 0) is 10.0 Å². The number of sulfonamides is 1. The highest BCUT2D eigenvalue weighted by Crippen LogP contribution is 2.21. The maximum absolute atomic E-state index is 12.4. The maximum atomic E-state index is 12.4. The molecule has 1 aliphatic heterocycles. The van der Waals surface area contributed by atoms with Gasteiger partial charge in [0.15, 0.2) is 0 Å². The molecule has 1 aromatic carbocycles. The fraction of sp³-hybridized carbons (Fsp3) is 0.647. The van der Waals surface area contributed by atoms with Crippen molar-refractivity contribution in [2.45, 2.75) is 43.9 Å². The van der Waals surface area contributed by atoms with Crippen LogP contribution in [-0.4, -0.2) is 40.0 Å². The van der Waals surface area contributed by atoms with Crippen molar-refractivity contribution < 1.29 is 8.42 Å². The van der Waals surface area contributed by atoms with Gasteiger partial charge in [-0.15, -0.1) is 0 Å². The minimum absolute atomic E-state index is 0.365. The highest BCUT2D eigenvalue weighted by molar-refractivity contribution is 7.89. The molecule has 0 aliphatic carbocycles. The molecule has 1 heterocycles. The van der Waals surface area contributed by atoms with Gasteiger partial charge in [0.25, 0.3) is 0 Å². The Bertz CT molecular complexity index is 569. The lowest BCUT2D eigenvalue weighted by Gasteiger charge is -2.29. The van der Waals surface area contributed by atoms with Gasteiger partial charge in [0.1, 0.15) is 0 Å². The zero-order valence-corrected chi connectivity index (χ0v) is 14.7. The molecule has 2 atom stereocenters. The lowest BCUT2D eigenvalue weighted by molar-refractivity contribution is 0.211. The summed E-state index contributed by atoms with van der Waals surface area (Å²) in [6, 6.07) is 7.29. The van der Waals surface area contributed by atoms with Crippen LogP contribution in [0, 0.1) is 5.92 Å². The van der Waals surface area contributed by atoms with Crippen molar-refractivity contribution in [2.24, 2.45) is 5.92 Å². The van der Waals surface area contributed by atoms with E-state index < -0.39 is 10.0 Å². The van der Waals surface area contributed by atoms with Crippen LogP contribution in [0.2, 0.25) is 0 Å². The average Bonchev–Trinajstić information content (AvgIpc) is 2.52. The molecule has 124 valence electrons. The number of piperidine rings is 1. The zero-order chi connectivity index (χ0) is 16.2. The van der Waals surface area contributed by atoms with Crippen molar-refractivity contribution in [2.75, 3.05) is 26.7 Å². The first-order chi connectivity index (χ1) is 10.4. The number of rotatable bonds is 6. The highest BCUT2D eigenvalue weighted by atomic mass is 32.2. The molecule has 1 N–H and O–H groups in total. The Morgan fingerprint density at radius 2 is 2.00 bits per heavy atom. The van der Waals surface area contributed by atoms with Gasteiger partial charge < -0.3 is 4.90 Å². The van der Waals surface area contributed by atoms with Crippen LogP contribution >= 0.6 is 0 Å². The van der Waals surface area contributed by atoms with E-state index in [1.54, 1.807) is 12.1 Å². The molecule has 0 saturated carbocycles. The van der Waals surface area contributed by atoms with Gasteiger partial charge in [-0.3, -0.25) is 0 Å². The summed E-state index contributed by atoms with van der Waals surface area (Å²) < 4.78 is 27.5. The van der Waals surface area contributed by atoms with Crippen molar-refractivity contribution in [3.63, 3.8) is 0 Å². The number of likely N-dealkylation sites (tertiary alicyclic amines) is 1. The Hall–Kier alpha value is -0.910. The highest BCUT2D eigenvalue weighted by Gasteiger charge is 2.20. The lowest BCUT2D eigenvalue weighted by Crippen LogP contribution is -2.39. The van der Waals surface area contributed by atoms with E-state index in [2.05, 4.69) is 30.5 Å². The van der Waals surface area contributed by atoms with E-state index in [0.717, 1.165) is 32.4 Å². The maximum Gasteiger partial charge on any atom is 0.240 e. The van der Waals surface area contributed by atoms with E-state index in [1.165, 1.54) is 5.56 Å². The molecule has 2 rings (SSSR count). The van der Waals surface area contributed by atoms with Gasteiger partial charge in [-0.1, -0.05) is 26.0 Å². The van der Waals surface area contributed by atoms with Crippen LogP contribution < -0.4 is 4.72 Å². The van der Waals surface area contributed by atoms with Crippen molar-refractivity contribution in [1.29, 1.82) is 0 Å². The minimum Gasteiger partial charge on any atom is -0.306 e. The fourth-order valence-electron chi connectivity index (χ4n) is 2.96. The van der Waals surface area contributed by atoms with E-state index in [0.29, 0.717) is 23.3 Å². The van der Waals surface area contributed by atoms with Crippen LogP contribution in [0.25, 0.3) is 0 Å². The van der Waals surface area contributed by atoms with Crippen molar-refractivity contribution in [1.82, 2.24) is 9.62 Å². The summed E-state index contributed by atoms with van der Waals surface area (Å²) >= 11 is 0. The molecule has 0 radical (unpaired) electrons. The molecule has 1 aromatic rings. The molecular formula is C17H28N2O2S. The summed E-state index contributed by atoms with van der Waals surface area (Å²) in [5, 5.41) is 0. The van der Waals surface area contributed by atoms with E-state index in [-0.39, 0.29) is 0 Å². The normalized spacial score (nSPS) is 21.7. The Morgan fingerprint density at radius 3 is 2.59 bits per heavy atom. The number of hydrogen-bond donors (Lipinski definition) is 1. The summed E-state index contributed by atoms with van der Waals surface area (Å²) in [5.41, 5.74) is 1.19. The molecule has 4 nitrogen and oxygen atoms in total. The second kappa shape index (κ2) is 7.57. The SMILES string of the molecule is CCC(C)c1ccc(S(=O)(=O)NCC2CCCN(C)C2)cc1. The first-order valence-electron chi connectivity index (χ1n) is 8.20. The van der Waals surface area contributed by atoms with Gasteiger partial charge >= 0.3 is 0 Å². The zero-order valence-electron chi connectivity index (χ0n) is 13.9. The molecule has 1 aliphatic rings. The van der Waals surface area contributed by atoms with Crippen LogP contribution in [0.15, 0.2) is 29.2 Å². The Kier molecular flexibility index (Phi) is 6.01. The Morgan fingerprint density at radius 1 is 1.32 bits per heavy atom. The largest absolute Gasteiger partial charge is 0.306 e. The third-order valence-electron chi connectivity index (χ3n) is 4.66. The van der Waals surface area contributed by atoms with E-state index in [9.17, 15) is 8.42 Å². The van der Waals surface area contributed by atoms with Crippen LogP contribution in [0.3, 0.4) is 0 Å². The summed E-state index contributed by atoms with van der Waals surface area (Å²) in [7, 11) is -1.30. The summed E-state index contributed by atoms with van der Waals surface area (Å²) in [6.45, 7) is 6.90. The smallest absolute Gasteiger partial charge is 0.240 e. The van der Waals surface area contributed by atoms with Crippen molar-refractivity contribution in [3.05, 3.63) is 29.8 Å². The second-order valence-electron chi connectivity index (χ2n) is 6.50. The van der Waals surface area contributed by atoms with E-state index in [1.807, 2.05) is 12.1 Å². The monoisotopic (exact) mass is 324 g/mol. The van der Waals surface area contributed by atoms with Gasteiger partial charge in [-0.05, 0) is 62.4 Å². The van der Waals surface area contributed by atoms with Gasteiger partial charge in [-0.25, -0.2) is 13.1 Å². The molecule has 1 saturated heterocycles. The summed E-state index contributed by atoms with van der Waals surface area (Å²) in [4.78, 5) is 2.63. The minimum atomic E-state index is -3.39. The molecule has 2 unspecified atom stereocenters. The van der Waals surface area contributed by atoms with Crippen LogP contribution in [0.5, 0.6) is 0 Å². The molecule has 1 fully saturated rings. The number of hydrogen-bond acceptors (Lipinski definition) is 3. The summed E-state index contributed by atoms with van der Waals surface area (Å²) in [5.74, 6) is 0.871. The first kappa shape index (κ1) is 17.4. The summed E-state index contributed by atoms with van der Waals surface area (Å²) in [6.07, 6.45) is 3.30. The predicted octanol–water partition coefficient (Wildman–Crippen LogP) is 2.82. The van der Waals surface area contributed by atoms with Crippen LogP contribution in [0.1, 0.15) is 44.6 Å².